The number of hydrogen-bond acceptors (Lipinski definition) is 19. The lowest BCUT2D eigenvalue weighted by Crippen LogP contribution is -2.63. The van der Waals surface area contributed by atoms with Crippen LogP contribution in [0.5, 0.6) is 28.7 Å². The maximum absolute atomic E-state index is 13.4. The molecule has 2 fully saturated rings. The molecule has 0 aromatic heterocycles. The number of hydrogen-bond donors (Lipinski definition) is 8. The fourth-order valence-corrected chi connectivity index (χ4v) is 6.02. The van der Waals surface area contributed by atoms with Gasteiger partial charge in [-0.15, -0.1) is 0 Å². The van der Waals surface area contributed by atoms with Gasteiger partial charge in [0.1, 0.15) is 55.6 Å². The van der Waals surface area contributed by atoms with E-state index in [0.717, 1.165) is 18.2 Å². The molecule has 9 atom stereocenters. The summed E-state index contributed by atoms with van der Waals surface area (Å²) in [5.74, 6) is -5.85. The Morgan fingerprint density at radius 3 is 1.77 bits per heavy atom. The first-order valence-corrected chi connectivity index (χ1v) is 18.1. The van der Waals surface area contributed by atoms with Gasteiger partial charge in [-0.25, -0.2) is 14.4 Å². The van der Waals surface area contributed by atoms with Crippen LogP contribution in [0.25, 0.3) is 18.2 Å². The van der Waals surface area contributed by atoms with Crippen LogP contribution in [0.2, 0.25) is 0 Å². The molecule has 2 saturated heterocycles. The number of phenols is 3. The van der Waals surface area contributed by atoms with Gasteiger partial charge in [0, 0.05) is 18.2 Å². The van der Waals surface area contributed by atoms with Gasteiger partial charge in [-0.3, -0.25) is 0 Å². The van der Waals surface area contributed by atoms with Crippen molar-refractivity contribution in [2.24, 2.45) is 0 Å². The van der Waals surface area contributed by atoms with E-state index in [1.165, 1.54) is 93.1 Å². The molecule has 2 heterocycles. The molecule has 8 N–H and O–H groups in total. The van der Waals surface area contributed by atoms with E-state index >= 15 is 0 Å². The lowest BCUT2D eigenvalue weighted by Gasteiger charge is -2.43. The average Bonchev–Trinajstić information content (AvgIpc) is 3.50. The number of benzene rings is 3. The van der Waals surface area contributed by atoms with Gasteiger partial charge in [0.2, 0.25) is 5.79 Å². The molecule has 0 aliphatic carbocycles. The highest BCUT2D eigenvalue weighted by Gasteiger charge is 2.62. The lowest BCUT2D eigenvalue weighted by molar-refractivity contribution is -0.383. The summed E-state index contributed by atoms with van der Waals surface area (Å²) in [4.78, 5) is 39.3. The fourth-order valence-electron chi connectivity index (χ4n) is 6.02. The SMILES string of the molecule is COc1cc(/C=C/C(=O)OC[C@H]2O[C@@](COC(=O)/C=C/c3ccc(O)cc3)(O[C@H]3O[C@H](CO)[C@@H](O)[C@H](O)[C@H]3O)[C@@H](OC(=O)/C=C/c3ccc(O)c(OC)c3)[C@@H]2O)ccc1O. The molecule has 0 spiro atoms. The lowest BCUT2D eigenvalue weighted by atomic mass is 9.99. The van der Waals surface area contributed by atoms with Gasteiger partial charge in [0.15, 0.2) is 35.4 Å². The van der Waals surface area contributed by atoms with Crippen molar-refractivity contribution in [2.75, 3.05) is 34.0 Å². The van der Waals surface area contributed by atoms with Crippen molar-refractivity contribution in [1.82, 2.24) is 0 Å². The molecule has 0 saturated carbocycles. The van der Waals surface area contributed by atoms with Crippen LogP contribution in [-0.4, -0.2) is 148 Å². The Morgan fingerprint density at radius 2 is 1.20 bits per heavy atom. The van der Waals surface area contributed by atoms with Crippen molar-refractivity contribution in [3.8, 4) is 28.7 Å². The van der Waals surface area contributed by atoms with Crippen LogP contribution in [0.3, 0.4) is 0 Å². The first kappa shape index (κ1) is 45.1. The number of methoxy groups -OCH3 is 2. The van der Waals surface area contributed by atoms with Crippen LogP contribution < -0.4 is 9.47 Å². The zero-order valence-corrected chi connectivity index (χ0v) is 32.0. The molecular weight excluding hydrogens is 796 g/mol. The van der Waals surface area contributed by atoms with Crippen LogP contribution in [0.4, 0.5) is 0 Å². The normalized spacial score (nSPS) is 26.6. The molecule has 2 aliphatic heterocycles. The van der Waals surface area contributed by atoms with E-state index in [9.17, 15) is 55.2 Å². The minimum absolute atomic E-state index is 0.0218. The van der Waals surface area contributed by atoms with E-state index in [1.807, 2.05) is 0 Å². The standard InChI is InChI=1S/C41H44O19/c1-53-28-17-23(5-12-26(28)44)8-15-32(46)55-20-31-36(50)39(58-34(48)16-9-24-6-13-27(45)29(18-24)54-2)41(59-31,60-40-38(52)37(51)35(49)30(19-42)57-40)21-56-33(47)14-7-22-3-10-25(43)11-4-22/h3-18,30-31,35-40,42-45,49-52H,19-21H2,1-2H3/b14-7+,15-8+,16-9+/t30-,31-,35-,36-,37+,38-,39+,40-,41+/m1/s1. The molecule has 0 radical (unpaired) electrons. The molecule has 0 amide bonds. The molecule has 0 unspecified atom stereocenters. The number of ether oxygens (including phenoxy) is 8. The predicted molar refractivity (Wildman–Crippen MR) is 205 cm³/mol. The third kappa shape index (κ3) is 11.2. The summed E-state index contributed by atoms with van der Waals surface area (Å²) in [5.41, 5.74) is 1.29. The Morgan fingerprint density at radius 1 is 0.667 bits per heavy atom. The van der Waals surface area contributed by atoms with Crippen LogP contribution >= 0.6 is 0 Å². The van der Waals surface area contributed by atoms with Gasteiger partial charge in [-0.05, 0) is 71.3 Å². The van der Waals surface area contributed by atoms with E-state index < -0.39 is 92.5 Å². The van der Waals surface area contributed by atoms with Crippen LogP contribution in [0.15, 0.2) is 78.9 Å². The second-order valence-corrected chi connectivity index (χ2v) is 13.3. The predicted octanol–water partition coefficient (Wildman–Crippen LogP) is 0.531. The van der Waals surface area contributed by atoms with Crippen LogP contribution in [0, 0.1) is 0 Å². The molecular formula is C41H44O19. The number of esters is 3. The Balaban J connectivity index is 1.45. The second-order valence-electron chi connectivity index (χ2n) is 13.3. The molecule has 0 bridgehead atoms. The summed E-state index contributed by atoms with van der Waals surface area (Å²) in [6.07, 6.45) is -8.02. The van der Waals surface area contributed by atoms with E-state index in [1.54, 1.807) is 0 Å². The number of phenolic OH excluding ortho intramolecular Hbond substituents is 3. The number of aliphatic hydroxyl groups excluding tert-OH is 5. The van der Waals surface area contributed by atoms with Crippen molar-refractivity contribution in [1.29, 1.82) is 0 Å². The highest BCUT2D eigenvalue weighted by Crippen LogP contribution is 2.39. The molecule has 3 aromatic rings. The van der Waals surface area contributed by atoms with Crippen molar-refractivity contribution >= 4 is 36.1 Å². The maximum atomic E-state index is 13.4. The van der Waals surface area contributed by atoms with E-state index in [4.69, 9.17) is 37.9 Å². The van der Waals surface area contributed by atoms with Gasteiger partial charge >= 0.3 is 17.9 Å². The largest absolute Gasteiger partial charge is 0.508 e. The summed E-state index contributed by atoms with van der Waals surface area (Å²) in [7, 11) is 2.66. The van der Waals surface area contributed by atoms with Gasteiger partial charge in [-0.2, -0.15) is 0 Å². The Kier molecular flexibility index (Phi) is 15.2. The smallest absolute Gasteiger partial charge is 0.331 e. The van der Waals surface area contributed by atoms with E-state index in [2.05, 4.69) is 0 Å². The molecule has 3 aromatic carbocycles. The second kappa shape index (κ2) is 20.3. The highest BCUT2D eigenvalue weighted by atomic mass is 16.8. The van der Waals surface area contributed by atoms with Crippen molar-refractivity contribution in [2.45, 2.75) is 54.8 Å². The first-order valence-electron chi connectivity index (χ1n) is 18.1. The molecule has 19 nitrogen and oxygen atoms in total. The van der Waals surface area contributed by atoms with E-state index in [-0.39, 0.29) is 28.7 Å². The molecule has 2 aliphatic rings. The molecule has 322 valence electrons. The summed E-state index contributed by atoms with van der Waals surface area (Å²) in [5, 5.41) is 82.7. The third-order valence-electron chi connectivity index (χ3n) is 9.22. The van der Waals surface area contributed by atoms with Crippen molar-refractivity contribution < 1.29 is 93.1 Å². The van der Waals surface area contributed by atoms with Gasteiger partial charge < -0.3 is 78.7 Å². The van der Waals surface area contributed by atoms with Gasteiger partial charge in [0.05, 0.1) is 20.8 Å². The number of carbonyl (C=O) groups excluding carboxylic acids is 3. The van der Waals surface area contributed by atoms with Crippen LogP contribution in [0.1, 0.15) is 16.7 Å². The molecule has 60 heavy (non-hydrogen) atoms. The quantitative estimate of drug-likeness (QED) is 0.0555. The minimum atomic E-state index is -2.63. The Labute approximate surface area is 342 Å². The van der Waals surface area contributed by atoms with Gasteiger partial charge in [-0.1, -0.05) is 24.3 Å². The Hall–Kier alpha value is -6.03. The summed E-state index contributed by atoms with van der Waals surface area (Å²) >= 11 is 0. The number of carbonyl (C=O) groups is 3. The van der Waals surface area contributed by atoms with Crippen LogP contribution in [-0.2, 0) is 42.8 Å². The summed E-state index contributed by atoms with van der Waals surface area (Å²) in [6, 6.07) is 14.2. The highest BCUT2D eigenvalue weighted by molar-refractivity contribution is 5.88. The summed E-state index contributed by atoms with van der Waals surface area (Å²) < 4.78 is 44.1. The first-order chi connectivity index (χ1) is 28.7. The summed E-state index contributed by atoms with van der Waals surface area (Å²) in [6.45, 7) is -2.64. The average molecular weight is 841 g/mol. The third-order valence-corrected chi connectivity index (χ3v) is 9.22. The monoisotopic (exact) mass is 840 g/mol. The maximum Gasteiger partial charge on any atom is 0.331 e. The Bertz CT molecular complexity index is 2050. The minimum Gasteiger partial charge on any atom is -0.508 e. The fraction of sp³-hybridized carbons (Fsp3) is 0.341. The zero-order chi connectivity index (χ0) is 43.6. The number of aromatic hydroxyl groups is 3. The van der Waals surface area contributed by atoms with Crippen molar-refractivity contribution in [3.05, 3.63) is 95.6 Å². The molecule has 19 heteroatoms. The molecule has 5 rings (SSSR count). The zero-order valence-electron chi connectivity index (χ0n) is 32.0. The van der Waals surface area contributed by atoms with E-state index in [0.29, 0.717) is 16.7 Å². The number of aliphatic hydroxyl groups is 5. The topological polar surface area (TPSA) is 287 Å². The van der Waals surface area contributed by atoms with Crippen molar-refractivity contribution in [3.63, 3.8) is 0 Å². The van der Waals surface area contributed by atoms with Gasteiger partial charge in [0.25, 0.3) is 0 Å². The number of rotatable bonds is 16.